The molecule has 2 N–H and O–H groups in total. The summed E-state index contributed by atoms with van der Waals surface area (Å²) in [5.74, 6) is 1.47. The van der Waals surface area contributed by atoms with E-state index in [9.17, 15) is 9.90 Å². The number of aryl methyl sites for hydroxylation is 2. The molecule has 1 aliphatic heterocycles. The van der Waals surface area contributed by atoms with Crippen LogP contribution >= 0.6 is 0 Å². The number of amides is 1. The lowest BCUT2D eigenvalue weighted by Gasteiger charge is -2.26. The second kappa shape index (κ2) is 7.97. The monoisotopic (exact) mass is 322 g/mol. The molecule has 1 saturated heterocycles. The van der Waals surface area contributed by atoms with E-state index in [2.05, 4.69) is 10.2 Å². The summed E-state index contributed by atoms with van der Waals surface area (Å²) in [6, 6.07) is 1.83. The van der Waals surface area contributed by atoms with Gasteiger partial charge in [0.15, 0.2) is 0 Å². The van der Waals surface area contributed by atoms with E-state index in [0.717, 1.165) is 37.4 Å². The molecule has 0 bridgehead atoms. The summed E-state index contributed by atoms with van der Waals surface area (Å²) in [6.07, 6.45) is 5.27. The van der Waals surface area contributed by atoms with Gasteiger partial charge in [0.05, 0.1) is 6.54 Å². The fourth-order valence-corrected chi connectivity index (χ4v) is 3.27. The molecule has 2 heterocycles. The molecule has 5 heteroatoms. The number of aliphatic hydroxyl groups is 1. The van der Waals surface area contributed by atoms with E-state index in [4.69, 9.17) is 4.42 Å². The van der Waals surface area contributed by atoms with Gasteiger partial charge in [0.1, 0.15) is 17.1 Å². The molecule has 0 radical (unpaired) electrons. The Morgan fingerprint density at radius 2 is 2.04 bits per heavy atom. The molecular formula is C18H30N2O3. The molecule has 130 valence electrons. The molecule has 0 saturated carbocycles. The van der Waals surface area contributed by atoms with Crippen LogP contribution in [0.2, 0.25) is 0 Å². The minimum absolute atomic E-state index is 0.000143. The molecule has 1 fully saturated rings. The topological polar surface area (TPSA) is 65.7 Å². The van der Waals surface area contributed by atoms with Crippen molar-refractivity contribution in [1.29, 1.82) is 0 Å². The molecule has 1 aromatic rings. The Balaban J connectivity index is 1.71. The second-order valence-electron chi connectivity index (χ2n) is 6.88. The van der Waals surface area contributed by atoms with Crippen LogP contribution in [0.25, 0.3) is 0 Å². The zero-order chi connectivity index (χ0) is 16.9. The molecule has 2 rings (SSSR count). The van der Waals surface area contributed by atoms with Crippen molar-refractivity contribution in [2.45, 2.75) is 58.5 Å². The van der Waals surface area contributed by atoms with Gasteiger partial charge in [-0.25, -0.2) is 0 Å². The summed E-state index contributed by atoms with van der Waals surface area (Å²) in [6.45, 7) is 8.91. The van der Waals surface area contributed by atoms with Crippen LogP contribution in [0, 0.1) is 13.8 Å². The number of carbonyl (C=O) groups is 1. The van der Waals surface area contributed by atoms with E-state index in [1.807, 2.05) is 19.9 Å². The summed E-state index contributed by atoms with van der Waals surface area (Å²) in [5.41, 5.74) is -0.367. The number of carbonyl (C=O) groups excluding carboxylic acids is 1. The van der Waals surface area contributed by atoms with Crippen LogP contribution < -0.4 is 5.32 Å². The van der Waals surface area contributed by atoms with Gasteiger partial charge in [-0.15, -0.1) is 0 Å². The first-order chi connectivity index (χ1) is 10.9. The van der Waals surface area contributed by atoms with Crippen LogP contribution in [0.3, 0.4) is 0 Å². The lowest BCUT2D eigenvalue weighted by molar-refractivity contribution is -0.122. The highest BCUT2D eigenvalue weighted by molar-refractivity contribution is 5.75. The van der Waals surface area contributed by atoms with Crippen molar-refractivity contribution in [3.63, 3.8) is 0 Å². The van der Waals surface area contributed by atoms with Crippen molar-refractivity contribution in [3.05, 3.63) is 23.2 Å². The highest BCUT2D eigenvalue weighted by Crippen LogP contribution is 2.26. The highest BCUT2D eigenvalue weighted by atomic mass is 16.3. The third-order valence-corrected chi connectivity index (χ3v) is 4.58. The zero-order valence-electron chi connectivity index (χ0n) is 14.7. The Hall–Kier alpha value is -1.33. The van der Waals surface area contributed by atoms with Gasteiger partial charge in [-0.05, 0) is 65.7 Å². The SMILES string of the molecule is Cc1cc(C(C)(O)CNC(=O)CCCN2CCCCC2)c(C)o1. The number of hydrogen-bond acceptors (Lipinski definition) is 4. The summed E-state index contributed by atoms with van der Waals surface area (Å²) >= 11 is 0. The first-order valence-electron chi connectivity index (χ1n) is 8.67. The summed E-state index contributed by atoms with van der Waals surface area (Å²) in [5, 5.41) is 13.4. The first kappa shape index (κ1) is 18.0. The largest absolute Gasteiger partial charge is 0.466 e. The van der Waals surface area contributed by atoms with Gasteiger partial charge in [0.2, 0.25) is 5.91 Å². The van der Waals surface area contributed by atoms with E-state index in [-0.39, 0.29) is 12.5 Å². The average Bonchev–Trinajstić information content (AvgIpc) is 2.86. The molecule has 23 heavy (non-hydrogen) atoms. The molecule has 1 unspecified atom stereocenters. The number of piperidine rings is 1. The van der Waals surface area contributed by atoms with E-state index >= 15 is 0 Å². The van der Waals surface area contributed by atoms with Crippen LogP contribution in [0.15, 0.2) is 10.5 Å². The second-order valence-corrected chi connectivity index (χ2v) is 6.88. The van der Waals surface area contributed by atoms with E-state index in [1.54, 1.807) is 6.92 Å². The van der Waals surface area contributed by atoms with Crippen molar-refractivity contribution >= 4 is 5.91 Å². The van der Waals surface area contributed by atoms with Crippen LogP contribution in [0.5, 0.6) is 0 Å². The van der Waals surface area contributed by atoms with Crippen LogP contribution in [0.1, 0.15) is 56.1 Å². The van der Waals surface area contributed by atoms with Crippen molar-refractivity contribution in [2.75, 3.05) is 26.2 Å². The Labute approximate surface area is 139 Å². The number of nitrogens with zero attached hydrogens (tertiary/aromatic N) is 1. The molecule has 1 aliphatic rings. The van der Waals surface area contributed by atoms with Gasteiger partial charge in [-0.2, -0.15) is 0 Å². The third kappa shape index (κ3) is 5.36. The molecule has 0 spiro atoms. The summed E-state index contributed by atoms with van der Waals surface area (Å²) < 4.78 is 5.46. The van der Waals surface area contributed by atoms with Gasteiger partial charge < -0.3 is 19.7 Å². The third-order valence-electron chi connectivity index (χ3n) is 4.58. The van der Waals surface area contributed by atoms with E-state index in [1.165, 1.54) is 19.3 Å². The Morgan fingerprint density at radius 3 is 2.65 bits per heavy atom. The quantitative estimate of drug-likeness (QED) is 0.809. The normalized spacial score (nSPS) is 18.6. The molecule has 0 aromatic carbocycles. The lowest BCUT2D eigenvalue weighted by atomic mass is 9.96. The Bertz CT molecular complexity index is 516. The molecule has 1 aromatic heterocycles. The summed E-state index contributed by atoms with van der Waals surface area (Å²) in [4.78, 5) is 14.4. The Kier molecular flexibility index (Phi) is 6.25. The van der Waals surface area contributed by atoms with Crippen LogP contribution in [-0.2, 0) is 10.4 Å². The van der Waals surface area contributed by atoms with Crippen molar-refractivity contribution < 1.29 is 14.3 Å². The van der Waals surface area contributed by atoms with Gasteiger partial charge >= 0.3 is 0 Å². The number of rotatable bonds is 7. The van der Waals surface area contributed by atoms with Gasteiger partial charge in [0.25, 0.3) is 0 Å². The Morgan fingerprint density at radius 1 is 1.35 bits per heavy atom. The molecule has 0 aliphatic carbocycles. The number of furan rings is 1. The molecular weight excluding hydrogens is 292 g/mol. The van der Waals surface area contributed by atoms with Crippen molar-refractivity contribution in [3.8, 4) is 0 Å². The number of nitrogens with one attached hydrogen (secondary N) is 1. The van der Waals surface area contributed by atoms with Gasteiger partial charge in [-0.3, -0.25) is 4.79 Å². The predicted octanol–water partition coefficient (Wildman–Crippen LogP) is 2.49. The maximum Gasteiger partial charge on any atom is 0.220 e. The average molecular weight is 322 g/mol. The smallest absolute Gasteiger partial charge is 0.220 e. The van der Waals surface area contributed by atoms with Crippen molar-refractivity contribution in [2.24, 2.45) is 0 Å². The van der Waals surface area contributed by atoms with Crippen LogP contribution in [-0.4, -0.2) is 42.1 Å². The highest BCUT2D eigenvalue weighted by Gasteiger charge is 2.28. The number of likely N-dealkylation sites (tertiary alicyclic amines) is 1. The van der Waals surface area contributed by atoms with Gasteiger partial charge in [0, 0.05) is 12.0 Å². The van der Waals surface area contributed by atoms with Crippen LogP contribution in [0.4, 0.5) is 0 Å². The first-order valence-corrected chi connectivity index (χ1v) is 8.67. The molecule has 5 nitrogen and oxygen atoms in total. The minimum Gasteiger partial charge on any atom is -0.466 e. The maximum atomic E-state index is 12.0. The maximum absolute atomic E-state index is 12.0. The van der Waals surface area contributed by atoms with Crippen molar-refractivity contribution in [1.82, 2.24) is 10.2 Å². The van der Waals surface area contributed by atoms with E-state index in [0.29, 0.717) is 12.2 Å². The number of hydrogen-bond donors (Lipinski definition) is 2. The molecule has 1 amide bonds. The molecule has 1 atom stereocenters. The lowest BCUT2D eigenvalue weighted by Crippen LogP contribution is -2.39. The minimum atomic E-state index is -1.11. The predicted molar refractivity (Wildman–Crippen MR) is 90.3 cm³/mol. The fourth-order valence-electron chi connectivity index (χ4n) is 3.27. The fraction of sp³-hybridized carbons (Fsp3) is 0.722. The standard InChI is InChI=1S/C18H30N2O3/c1-14-12-16(15(2)23-14)18(3,22)13-19-17(21)8-7-11-20-9-5-4-6-10-20/h12,22H,4-11,13H2,1-3H3,(H,19,21). The zero-order valence-corrected chi connectivity index (χ0v) is 14.7. The van der Waals surface area contributed by atoms with Gasteiger partial charge in [-0.1, -0.05) is 6.42 Å². The van der Waals surface area contributed by atoms with E-state index < -0.39 is 5.60 Å². The summed E-state index contributed by atoms with van der Waals surface area (Å²) in [7, 11) is 0.